The number of nitrogens with one attached hydrogen (secondary N) is 3. The highest BCUT2D eigenvalue weighted by Crippen LogP contribution is 2.34. The first-order valence-corrected chi connectivity index (χ1v) is 11.2. The molecule has 2 aliphatic rings. The van der Waals surface area contributed by atoms with Gasteiger partial charge in [0.1, 0.15) is 29.3 Å². The number of ketones is 1. The largest absolute Gasteiger partial charge is 0.496 e. The van der Waals surface area contributed by atoms with Crippen molar-refractivity contribution in [3.05, 3.63) is 30.0 Å². The van der Waals surface area contributed by atoms with Crippen molar-refractivity contribution in [1.82, 2.24) is 15.6 Å². The highest BCUT2D eigenvalue weighted by molar-refractivity contribution is 6.01. The molecule has 0 aliphatic heterocycles. The zero-order valence-electron chi connectivity index (χ0n) is 18.1. The molecule has 1 aromatic heterocycles. The Labute approximate surface area is 186 Å². The van der Waals surface area contributed by atoms with E-state index in [2.05, 4.69) is 21.7 Å². The van der Waals surface area contributed by atoms with Crippen LogP contribution in [0.5, 0.6) is 5.75 Å². The summed E-state index contributed by atoms with van der Waals surface area (Å²) in [5.41, 5.74) is 1.11. The molecule has 4 rings (SSSR count). The minimum Gasteiger partial charge on any atom is -0.496 e. The van der Waals surface area contributed by atoms with Gasteiger partial charge in [-0.15, -0.1) is 0 Å². The average Bonchev–Trinajstić information content (AvgIpc) is 3.35. The van der Waals surface area contributed by atoms with Crippen molar-refractivity contribution in [2.75, 3.05) is 7.11 Å². The molecule has 2 amide bonds. The van der Waals surface area contributed by atoms with Crippen LogP contribution >= 0.6 is 0 Å². The van der Waals surface area contributed by atoms with Gasteiger partial charge in [-0.05, 0) is 49.8 Å². The Morgan fingerprint density at radius 3 is 2.72 bits per heavy atom. The van der Waals surface area contributed by atoms with Crippen LogP contribution in [-0.2, 0) is 9.59 Å². The van der Waals surface area contributed by atoms with E-state index < -0.39 is 12.1 Å². The predicted molar refractivity (Wildman–Crippen MR) is 118 cm³/mol. The number of Topliss-reactive ketones (excluding diaryl/α,β-unsaturated/α-hetero) is 1. The lowest BCUT2D eigenvalue weighted by Gasteiger charge is -2.21. The second-order valence-electron chi connectivity index (χ2n) is 8.79. The van der Waals surface area contributed by atoms with Gasteiger partial charge in [-0.25, -0.2) is 0 Å². The third-order valence-corrected chi connectivity index (χ3v) is 6.40. The molecular formula is C24H28N4O4. The highest BCUT2D eigenvalue weighted by Gasteiger charge is 2.33. The number of nitriles is 1. The number of amides is 2. The predicted octanol–water partition coefficient (Wildman–Crippen LogP) is 2.84. The number of carbonyl (C=O) groups is 3. The molecule has 3 atom stereocenters. The monoisotopic (exact) mass is 436 g/mol. The van der Waals surface area contributed by atoms with E-state index in [1.165, 1.54) is 0 Å². The number of nitrogens with zero attached hydrogens (tertiary/aromatic N) is 1. The fourth-order valence-corrected chi connectivity index (χ4v) is 4.42. The van der Waals surface area contributed by atoms with Crippen LogP contribution in [0.15, 0.2) is 24.3 Å². The Bertz CT molecular complexity index is 1070. The van der Waals surface area contributed by atoms with Crippen molar-refractivity contribution in [3.8, 4) is 11.8 Å². The number of rotatable bonds is 9. The summed E-state index contributed by atoms with van der Waals surface area (Å²) in [6, 6.07) is 7.83. The van der Waals surface area contributed by atoms with Crippen LogP contribution in [0.4, 0.5) is 0 Å². The molecule has 2 fully saturated rings. The van der Waals surface area contributed by atoms with Gasteiger partial charge >= 0.3 is 0 Å². The van der Waals surface area contributed by atoms with E-state index in [0.717, 1.165) is 36.6 Å². The van der Waals surface area contributed by atoms with E-state index in [-0.39, 0.29) is 23.5 Å². The molecule has 8 nitrogen and oxygen atoms in total. The number of carbonyl (C=O) groups excluding carboxylic acids is 3. The molecule has 1 aromatic carbocycles. The van der Waals surface area contributed by atoms with E-state index in [4.69, 9.17) is 4.74 Å². The van der Waals surface area contributed by atoms with Gasteiger partial charge in [0, 0.05) is 23.2 Å². The third kappa shape index (κ3) is 4.93. The Balaban J connectivity index is 1.44. The lowest BCUT2D eigenvalue weighted by Crippen LogP contribution is -2.50. The molecule has 168 valence electrons. The normalized spacial score (nSPS) is 19.9. The second-order valence-corrected chi connectivity index (χ2v) is 8.79. The van der Waals surface area contributed by atoms with Crippen LogP contribution in [-0.4, -0.2) is 41.8 Å². The van der Waals surface area contributed by atoms with Gasteiger partial charge in [-0.1, -0.05) is 18.9 Å². The fourth-order valence-electron chi connectivity index (χ4n) is 4.42. The van der Waals surface area contributed by atoms with Gasteiger partial charge in [0.25, 0.3) is 5.91 Å². The van der Waals surface area contributed by atoms with Gasteiger partial charge in [0.2, 0.25) is 5.91 Å². The first-order valence-electron chi connectivity index (χ1n) is 11.2. The number of hydrogen-bond donors (Lipinski definition) is 3. The first kappa shape index (κ1) is 21.9. The van der Waals surface area contributed by atoms with Crippen molar-refractivity contribution in [1.29, 1.82) is 5.26 Å². The number of H-pyrrole nitrogens is 1. The topological polar surface area (TPSA) is 124 Å². The maximum Gasteiger partial charge on any atom is 0.268 e. The number of ether oxygens (including phenoxy) is 1. The lowest BCUT2D eigenvalue weighted by molar-refractivity contribution is -0.124. The molecule has 0 saturated heterocycles. The SMILES string of the molecule is COc1cccc2[nH]c(C(=O)N[C@@H](CC3CC3)C(=O)N[C@H](C#N)C[C@@H]3CCCC3=O)cc12. The summed E-state index contributed by atoms with van der Waals surface area (Å²) in [6.45, 7) is 0. The standard InChI is InChI=1S/C24H28N4O4/c1-32-22-7-3-5-18-17(22)12-20(27-18)24(31)28-19(10-14-8-9-14)23(30)26-16(13-25)11-15-4-2-6-21(15)29/h3,5,7,12,14-16,19,27H,2,4,6,8-11H2,1H3,(H,26,30)(H,28,31)/t15-,16-,19-/m0/s1. The van der Waals surface area contributed by atoms with Crippen molar-refractivity contribution < 1.29 is 19.1 Å². The number of aromatic nitrogens is 1. The zero-order valence-corrected chi connectivity index (χ0v) is 18.1. The summed E-state index contributed by atoms with van der Waals surface area (Å²) < 4.78 is 5.35. The van der Waals surface area contributed by atoms with Crippen LogP contribution in [0.2, 0.25) is 0 Å². The second kappa shape index (κ2) is 9.43. The van der Waals surface area contributed by atoms with Crippen molar-refractivity contribution >= 4 is 28.5 Å². The molecule has 3 N–H and O–H groups in total. The summed E-state index contributed by atoms with van der Waals surface area (Å²) in [5.74, 6) is 0.281. The third-order valence-electron chi connectivity index (χ3n) is 6.40. The summed E-state index contributed by atoms with van der Waals surface area (Å²) in [4.78, 5) is 40.9. The Hall–Kier alpha value is -3.34. The quantitative estimate of drug-likeness (QED) is 0.558. The van der Waals surface area contributed by atoms with Crippen LogP contribution < -0.4 is 15.4 Å². The first-order chi connectivity index (χ1) is 15.5. The summed E-state index contributed by atoms with van der Waals surface area (Å²) in [7, 11) is 1.57. The molecule has 8 heteroatoms. The van der Waals surface area contributed by atoms with Gasteiger partial charge < -0.3 is 20.4 Å². The van der Waals surface area contributed by atoms with Gasteiger partial charge in [0.15, 0.2) is 0 Å². The van der Waals surface area contributed by atoms with Crippen molar-refractivity contribution in [2.24, 2.45) is 11.8 Å². The fraction of sp³-hybridized carbons (Fsp3) is 0.500. The highest BCUT2D eigenvalue weighted by atomic mass is 16.5. The average molecular weight is 437 g/mol. The van der Waals surface area contributed by atoms with Gasteiger partial charge in [-0.2, -0.15) is 5.26 Å². The number of hydrogen-bond acceptors (Lipinski definition) is 5. The Morgan fingerprint density at radius 2 is 2.06 bits per heavy atom. The molecule has 1 heterocycles. The molecule has 0 radical (unpaired) electrons. The minimum atomic E-state index is -0.745. The molecular weight excluding hydrogens is 408 g/mol. The molecule has 0 unspecified atom stereocenters. The minimum absolute atomic E-state index is 0.163. The molecule has 0 spiro atoms. The molecule has 2 aromatic rings. The van der Waals surface area contributed by atoms with Gasteiger partial charge in [-0.3, -0.25) is 14.4 Å². The Kier molecular flexibility index (Phi) is 6.45. The van der Waals surface area contributed by atoms with Crippen LogP contribution in [0.25, 0.3) is 10.9 Å². The summed E-state index contributed by atoms with van der Waals surface area (Å²) in [5, 5.41) is 15.9. The maximum atomic E-state index is 13.0. The van der Waals surface area contributed by atoms with E-state index in [1.54, 1.807) is 13.2 Å². The zero-order chi connectivity index (χ0) is 22.7. The summed E-state index contributed by atoms with van der Waals surface area (Å²) >= 11 is 0. The van der Waals surface area contributed by atoms with Crippen molar-refractivity contribution in [2.45, 2.75) is 57.0 Å². The van der Waals surface area contributed by atoms with Crippen molar-refractivity contribution in [3.63, 3.8) is 0 Å². The number of fused-ring (bicyclic) bond motifs is 1. The number of aromatic amines is 1. The van der Waals surface area contributed by atoms with Crippen LogP contribution in [0, 0.1) is 23.2 Å². The smallest absolute Gasteiger partial charge is 0.268 e. The van der Waals surface area contributed by atoms with Crippen LogP contribution in [0.3, 0.4) is 0 Å². The molecule has 2 aliphatic carbocycles. The number of benzene rings is 1. The summed E-state index contributed by atoms with van der Waals surface area (Å²) in [6.07, 6.45) is 5.06. The van der Waals surface area contributed by atoms with Gasteiger partial charge in [0.05, 0.1) is 13.2 Å². The Morgan fingerprint density at radius 1 is 1.25 bits per heavy atom. The van der Waals surface area contributed by atoms with E-state index in [0.29, 0.717) is 36.6 Å². The van der Waals surface area contributed by atoms with E-state index in [9.17, 15) is 19.6 Å². The van der Waals surface area contributed by atoms with Crippen LogP contribution in [0.1, 0.15) is 55.4 Å². The molecule has 32 heavy (non-hydrogen) atoms. The molecule has 2 saturated carbocycles. The number of methoxy groups -OCH3 is 1. The van der Waals surface area contributed by atoms with E-state index in [1.807, 2.05) is 18.2 Å². The lowest BCUT2D eigenvalue weighted by atomic mass is 9.97. The molecule has 0 bridgehead atoms. The van der Waals surface area contributed by atoms with E-state index >= 15 is 0 Å². The maximum absolute atomic E-state index is 13.0.